The molecule has 2 aromatic rings. The van der Waals surface area contributed by atoms with E-state index in [1.807, 2.05) is 0 Å². The molecular weight excluding hydrogens is 409 g/mol. The van der Waals surface area contributed by atoms with Gasteiger partial charge in [-0.1, -0.05) is 11.6 Å². The van der Waals surface area contributed by atoms with Crippen molar-refractivity contribution in [2.45, 2.75) is 6.54 Å². The van der Waals surface area contributed by atoms with Crippen LogP contribution in [0.4, 0.5) is 5.69 Å². The smallest absolute Gasteiger partial charge is 0.327 e. The second-order valence-electron chi connectivity index (χ2n) is 4.09. The van der Waals surface area contributed by atoms with Gasteiger partial charge in [0.15, 0.2) is 0 Å². The summed E-state index contributed by atoms with van der Waals surface area (Å²) in [5, 5.41) is 7.16. The SMILES string of the molecule is COC(=O)Cn1cc(NC(=O)c2ccc(I)c(Cl)c2)cn1. The molecule has 21 heavy (non-hydrogen) atoms. The van der Waals surface area contributed by atoms with E-state index >= 15 is 0 Å². The zero-order chi connectivity index (χ0) is 15.4. The van der Waals surface area contributed by atoms with E-state index in [1.165, 1.54) is 18.0 Å². The van der Waals surface area contributed by atoms with E-state index in [9.17, 15) is 9.59 Å². The van der Waals surface area contributed by atoms with Gasteiger partial charge in [0.05, 0.1) is 24.0 Å². The largest absolute Gasteiger partial charge is 0.468 e. The number of carbonyl (C=O) groups is 2. The number of benzene rings is 1. The molecule has 0 bridgehead atoms. The number of methoxy groups -OCH3 is 1. The average Bonchev–Trinajstić information content (AvgIpc) is 2.88. The Morgan fingerprint density at radius 2 is 2.24 bits per heavy atom. The first kappa shape index (κ1) is 15.8. The van der Waals surface area contributed by atoms with E-state index in [-0.39, 0.29) is 12.5 Å². The molecule has 0 radical (unpaired) electrons. The highest BCUT2D eigenvalue weighted by molar-refractivity contribution is 14.1. The number of amides is 1. The van der Waals surface area contributed by atoms with Crippen molar-refractivity contribution in [2.24, 2.45) is 0 Å². The van der Waals surface area contributed by atoms with Crippen LogP contribution in [0.3, 0.4) is 0 Å². The topological polar surface area (TPSA) is 73.2 Å². The fourth-order valence-electron chi connectivity index (χ4n) is 1.55. The molecule has 1 heterocycles. The number of carbonyl (C=O) groups excluding carboxylic acids is 2. The lowest BCUT2D eigenvalue weighted by atomic mass is 10.2. The van der Waals surface area contributed by atoms with Crippen LogP contribution in [0.15, 0.2) is 30.6 Å². The molecule has 1 aromatic heterocycles. The highest BCUT2D eigenvalue weighted by atomic mass is 127. The van der Waals surface area contributed by atoms with E-state index in [2.05, 4.69) is 37.7 Å². The molecule has 110 valence electrons. The zero-order valence-corrected chi connectivity index (χ0v) is 13.9. The molecule has 8 heteroatoms. The first-order chi connectivity index (χ1) is 9.99. The number of anilines is 1. The van der Waals surface area contributed by atoms with E-state index in [0.717, 1.165) is 3.57 Å². The Hall–Kier alpha value is -1.61. The predicted octanol–water partition coefficient (Wildman–Crippen LogP) is 2.57. The molecule has 6 nitrogen and oxygen atoms in total. The van der Waals surface area contributed by atoms with Crippen LogP contribution < -0.4 is 5.32 Å². The minimum Gasteiger partial charge on any atom is -0.468 e. The number of rotatable bonds is 4. The maximum Gasteiger partial charge on any atom is 0.327 e. The average molecular weight is 420 g/mol. The monoisotopic (exact) mass is 419 g/mol. The van der Waals surface area contributed by atoms with Gasteiger partial charge >= 0.3 is 5.97 Å². The van der Waals surface area contributed by atoms with Gasteiger partial charge < -0.3 is 10.1 Å². The Labute approximate surface area is 139 Å². The Morgan fingerprint density at radius 1 is 1.48 bits per heavy atom. The number of nitrogens with zero attached hydrogens (tertiary/aromatic N) is 2. The summed E-state index contributed by atoms with van der Waals surface area (Å²) in [6.45, 7) is -0.0122. The zero-order valence-electron chi connectivity index (χ0n) is 11.0. The summed E-state index contributed by atoms with van der Waals surface area (Å²) in [6, 6.07) is 5.04. The van der Waals surface area contributed by atoms with Crippen molar-refractivity contribution in [2.75, 3.05) is 12.4 Å². The summed E-state index contributed by atoms with van der Waals surface area (Å²) in [4.78, 5) is 23.2. The number of hydrogen-bond donors (Lipinski definition) is 1. The minimum absolute atomic E-state index is 0.0122. The molecule has 0 saturated carbocycles. The maximum atomic E-state index is 12.1. The Bertz CT molecular complexity index is 687. The second kappa shape index (κ2) is 6.90. The van der Waals surface area contributed by atoms with Crippen LogP contribution in [0.2, 0.25) is 5.02 Å². The molecule has 0 aliphatic carbocycles. The van der Waals surface area contributed by atoms with Crippen molar-refractivity contribution in [1.82, 2.24) is 9.78 Å². The number of aromatic nitrogens is 2. The van der Waals surface area contributed by atoms with Gasteiger partial charge in [-0.3, -0.25) is 14.3 Å². The fourth-order valence-corrected chi connectivity index (χ4v) is 2.07. The summed E-state index contributed by atoms with van der Waals surface area (Å²) in [7, 11) is 1.30. The first-order valence-electron chi connectivity index (χ1n) is 5.85. The second-order valence-corrected chi connectivity index (χ2v) is 5.66. The molecule has 1 amide bonds. The van der Waals surface area contributed by atoms with Gasteiger partial charge in [-0.25, -0.2) is 0 Å². The number of ether oxygens (including phenoxy) is 1. The number of nitrogens with one attached hydrogen (secondary N) is 1. The van der Waals surface area contributed by atoms with Crippen molar-refractivity contribution in [3.05, 3.63) is 44.7 Å². The molecule has 0 unspecified atom stereocenters. The summed E-state index contributed by atoms with van der Waals surface area (Å²) in [5.74, 6) is -0.716. The summed E-state index contributed by atoms with van der Waals surface area (Å²) in [6.07, 6.45) is 3.00. The van der Waals surface area contributed by atoms with Crippen LogP contribution in [0.25, 0.3) is 0 Å². The predicted molar refractivity (Wildman–Crippen MR) is 86.4 cm³/mol. The molecular formula is C13H11ClIN3O3. The van der Waals surface area contributed by atoms with Gasteiger partial charge in [-0.2, -0.15) is 5.10 Å². The van der Waals surface area contributed by atoms with Crippen LogP contribution in [0.1, 0.15) is 10.4 Å². The molecule has 0 spiro atoms. The Balaban J connectivity index is 2.05. The van der Waals surface area contributed by atoms with Crippen molar-refractivity contribution >= 4 is 51.8 Å². The van der Waals surface area contributed by atoms with Crippen LogP contribution >= 0.6 is 34.2 Å². The van der Waals surface area contributed by atoms with Crippen molar-refractivity contribution in [1.29, 1.82) is 0 Å². The molecule has 0 fully saturated rings. The van der Waals surface area contributed by atoms with Crippen LogP contribution in [-0.4, -0.2) is 28.8 Å². The van der Waals surface area contributed by atoms with Gasteiger partial charge in [-0.15, -0.1) is 0 Å². The summed E-state index contributed by atoms with van der Waals surface area (Å²) >= 11 is 8.07. The maximum absolute atomic E-state index is 12.1. The quantitative estimate of drug-likeness (QED) is 0.611. The van der Waals surface area contributed by atoms with Gasteiger partial charge in [0.1, 0.15) is 6.54 Å². The Morgan fingerprint density at radius 3 is 2.90 bits per heavy atom. The van der Waals surface area contributed by atoms with Gasteiger partial charge in [-0.05, 0) is 40.8 Å². The van der Waals surface area contributed by atoms with Gasteiger partial charge in [0.25, 0.3) is 5.91 Å². The van der Waals surface area contributed by atoms with Crippen LogP contribution in [-0.2, 0) is 16.1 Å². The van der Waals surface area contributed by atoms with Crippen molar-refractivity contribution < 1.29 is 14.3 Å². The lowest BCUT2D eigenvalue weighted by Crippen LogP contribution is -2.13. The normalized spacial score (nSPS) is 10.2. The lowest BCUT2D eigenvalue weighted by Gasteiger charge is -2.04. The molecule has 0 aliphatic rings. The van der Waals surface area contributed by atoms with Gasteiger partial charge in [0.2, 0.25) is 0 Å². The number of hydrogen-bond acceptors (Lipinski definition) is 4. The Kier molecular flexibility index (Phi) is 5.18. The summed E-state index contributed by atoms with van der Waals surface area (Å²) in [5.41, 5.74) is 0.930. The van der Waals surface area contributed by atoms with Crippen LogP contribution in [0.5, 0.6) is 0 Å². The van der Waals surface area contributed by atoms with Crippen LogP contribution in [0, 0.1) is 3.57 Å². The molecule has 0 saturated heterocycles. The summed E-state index contributed by atoms with van der Waals surface area (Å²) < 4.78 is 6.78. The molecule has 1 N–H and O–H groups in total. The third kappa shape index (κ3) is 4.18. The van der Waals surface area contributed by atoms with Crippen molar-refractivity contribution in [3.8, 4) is 0 Å². The number of halogens is 2. The molecule has 2 rings (SSSR count). The molecule has 0 aliphatic heterocycles. The van der Waals surface area contributed by atoms with Gasteiger partial charge in [0, 0.05) is 15.3 Å². The van der Waals surface area contributed by atoms with E-state index in [1.54, 1.807) is 24.4 Å². The molecule has 0 atom stereocenters. The first-order valence-corrected chi connectivity index (χ1v) is 7.31. The van der Waals surface area contributed by atoms with E-state index in [4.69, 9.17) is 11.6 Å². The third-order valence-electron chi connectivity index (χ3n) is 2.59. The highest BCUT2D eigenvalue weighted by Crippen LogP contribution is 2.20. The molecule has 1 aromatic carbocycles. The van der Waals surface area contributed by atoms with E-state index < -0.39 is 5.97 Å². The number of esters is 1. The lowest BCUT2D eigenvalue weighted by molar-refractivity contribution is -0.141. The fraction of sp³-hybridized carbons (Fsp3) is 0.154. The highest BCUT2D eigenvalue weighted by Gasteiger charge is 2.10. The minimum atomic E-state index is -0.416. The van der Waals surface area contributed by atoms with Crippen molar-refractivity contribution in [3.63, 3.8) is 0 Å². The third-order valence-corrected chi connectivity index (χ3v) is 4.16. The van der Waals surface area contributed by atoms with E-state index in [0.29, 0.717) is 16.3 Å². The standard InChI is InChI=1S/C13H11ClIN3O3/c1-21-12(19)7-18-6-9(5-16-18)17-13(20)8-2-3-11(15)10(14)4-8/h2-6H,7H2,1H3,(H,17,20).